The summed E-state index contributed by atoms with van der Waals surface area (Å²) >= 11 is 0. The fraction of sp³-hybridized carbons (Fsp3) is 0.476. The number of rotatable bonds is 6. The van der Waals surface area contributed by atoms with Gasteiger partial charge in [0.05, 0.1) is 17.6 Å². The molecule has 1 aliphatic rings. The summed E-state index contributed by atoms with van der Waals surface area (Å²) in [6.45, 7) is 4.07. The molecule has 0 unspecified atom stereocenters. The highest BCUT2D eigenvalue weighted by atomic mass is 16.1. The average molecular weight is 352 g/mol. The summed E-state index contributed by atoms with van der Waals surface area (Å²) < 4.78 is 0. The van der Waals surface area contributed by atoms with Crippen molar-refractivity contribution in [1.82, 2.24) is 9.97 Å². The Labute approximate surface area is 155 Å². The zero-order valence-electron chi connectivity index (χ0n) is 15.7. The predicted octanol–water partition coefficient (Wildman–Crippen LogP) is 4.44. The first-order chi connectivity index (χ1) is 12.5. The van der Waals surface area contributed by atoms with Gasteiger partial charge in [-0.1, -0.05) is 51.7 Å². The Bertz CT molecular complexity index is 749. The zero-order chi connectivity index (χ0) is 18.5. The van der Waals surface area contributed by atoms with Gasteiger partial charge >= 0.3 is 0 Å². The Morgan fingerprint density at radius 1 is 1.23 bits per heavy atom. The van der Waals surface area contributed by atoms with E-state index in [1.165, 1.54) is 25.7 Å². The summed E-state index contributed by atoms with van der Waals surface area (Å²) in [6, 6.07) is 7.64. The molecule has 1 aromatic heterocycles. The normalized spacial score (nSPS) is 14.7. The molecule has 5 nitrogen and oxygen atoms in total. The average Bonchev–Trinajstić information content (AvgIpc) is 3.09. The van der Waals surface area contributed by atoms with Gasteiger partial charge in [0, 0.05) is 17.7 Å². The van der Waals surface area contributed by atoms with Gasteiger partial charge in [0.15, 0.2) is 5.82 Å². The maximum Gasteiger partial charge on any atom is 0.225 e. The molecule has 1 aromatic carbocycles. The molecule has 0 bridgehead atoms. The Kier molecular flexibility index (Phi) is 5.86. The van der Waals surface area contributed by atoms with Crippen LogP contribution in [-0.2, 0) is 11.2 Å². The quantitative estimate of drug-likeness (QED) is 0.753. The lowest BCUT2D eigenvalue weighted by Gasteiger charge is -2.15. The molecule has 5 heteroatoms. The molecule has 1 heterocycles. The molecule has 0 spiro atoms. The molecule has 2 aromatic rings. The fourth-order valence-electron chi connectivity index (χ4n) is 3.51. The van der Waals surface area contributed by atoms with E-state index in [0.717, 1.165) is 29.1 Å². The minimum atomic E-state index is 0.00204. The van der Waals surface area contributed by atoms with Crippen LogP contribution in [0.1, 0.15) is 51.6 Å². The molecule has 1 fully saturated rings. The van der Waals surface area contributed by atoms with Gasteiger partial charge in [-0.2, -0.15) is 0 Å². The van der Waals surface area contributed by atoms with Crippen molar-refractivity contribution >= 4 is 17.4 Å². The van der Waals surface area contributed by atoms with Crippen LogP contribution in [0.15, 0.2) is 30.5 Å². The second kappa shape index (κ2) is 8.30. The van der Waals surface area contributed by atoms with Crippen molar-refractivity contribution in [3.8, 4) is 11.3 Å². The van der Waals surface area contributed by atoms with Crippen LogP contribution < -0.4 is 11.1 Å². The molecule has 0 atom stereocenters. The van der Waals surface area contributed by atoms with E-state index in [1.807, 2.05) is 38.1 Å². The van der Waals surface area contributed by atoms with Gasteiger partial charge in [0.2, 0.25) is 5.91 Å². The number of amides is 1. The molecular formula is C21H28N4O. The van der Waals surface area contributed by atoms with Crippen LogP contribution in [0, 0.1) is 11.8 Å². The minimum Gasteiger partial charge on any atom is -0.399 e. The number of carbonyl (C=O) groups excluding carboxylic acids is 1. The van der Waals surface area contributed by atoms with E-state index in [2.05, 4.69) is 10.3 Å². The second-order valence-corrected chi connectivity index (χ2v) is 7.67. The zero-order valence-corrected chi connectivity index (χ0v) is 15.7. The minimum absolute atomic E-state index is 0.00204. The highest BCUT2D eigenvalue weighted by Gasteiger charge is 2.20. The van der Waals surface area contributed by atoms with Crippen LogP contribution in [-0.4, -0.2) is 15.9 Å². The van der Waals surface area contributed by atoms with Gasteiger partial charge in [-0.15, -0.1) is 0 Å². The molecule has 3 N–H and O–H groups in total. The Morgan fingerprint density at radius 3 is 2.58 bits per heavy atom. The maximum absolute atomic E-state index is 12.2. The van der Waals surface area contributed by atoms with Crippen LogP contribution in [0.4, 0.5) is 11.5 Å². The van der Waals surface area contributed by atoms with E-state index >= 15 is 0 Å². The lowest BCUT2D eigenvalue weighted by Crippen LogP contribution is -2.18. The molecule has 1 saturated carbocycles. The second-order valence-electron chi connectivity index (χ2n) is 7.67. The molecule has 0 saturated heterocycles. The Hall–Kier alpha value is -2.43. The summed E-state index contributed by atoms with van der Waals surface area (Å²) in [6.07, 6.45) is 8.11. The van der Waals surface area contributed by atoms with Crippen molar-refractivity contribution in [3.05, 3.63) is 36.2 Å². The lowest BCUT2D eigenvalue weighted by atomic mass is 10.0. The maximum atomic E-state index is 12.2. The summed E-state index contributed by atoms with van der Waals surface area (Å²) in [7, 11) is 0. The van der Waals surface area contributed by atoms with E-state index in [4.69, 9.17) is 10.7 Å². The summed E-state index contributed by atoms with van der Waals surface area (Å²) in [5.41, 5.74) is 9.20. The van der Waals surface area contributed by atoms with Crippen LogP contribution in [0.5, 0.6) is 0 Å². The first kappa shape index (κ1) is 18.4. The van der Waals surface area contributed by atoms with Crippen molar-refractivity contribution in [2.75, 3.05) is 11.1 Å². The van der Waals surface area contributed by atoms with Crippen LogP contribution in [0.25, 0.3) is 11.3 Å². The van der Waals surface area contributed by atoms with Gasteiger partial charge in [0.25, 0.3) is 0 Å². The van der Waals surface area contributed by atoms with E-state index in [1.54, 1.807) is 6.20 Å². The van der Waals surface area contributed by atoms with Gasteiger partial charge in [-0.05, 0) is 30.4 Å². The molecule has 3 rings (SSSR count). The van der Waals surface area contributed by atoms with Crippen molar-refractivity contribution in [2.45, 2.75) is 52.4 Å². The van der Waals surface area contributed by atoms with Crippen molar-refractivity contribution in [2.24, 2.45) is 11.8 Å². The highest BCUT2D eigenvalue weighted by Crippen LogP contribution is 2.30. The Morgan fingerprint density at radius 2 is 1.92 bits per heavy atom. The predicted molar refractivity (Wildman–Crippen MR) is 106 cm³/mol. The molecule has 1 amide bonds. The first-order valence-electron chi connectivity index (χ1n) is 9.53. The summed E-state index contributed by atoms with van der Waals surface area (Å²) in [5.74, 6) is 1.56. The monoisotopic (exact) mass is 352 g/mol. The van der Waals surface area contributed by atoms with E-state index in [-0.39, 0.29) is 5.91 Å². The topological polar surface area (TPSA) is 80.9 Å². The number of nitrogens with two attached hydrogens (primary N) is 1. The van der Waals surface area contributed by atoms with E-state index in [9.17, 15) is 4.79 Å². The molecule has 0 radical (unpaired) electrons. The van der Waals surface area contributed by atoms with Gasteiger partial charge in [-0.3, -0.25) is 4.79 Å². The highest BCUT2D eigenvalue weighted by molar-refractivity contribution is 5.90. The van der Waals surface area contributed by atoms with Crippen molar-refractivity contribution in [1.29, 1.82) is 0 Å². The van der Waals surface area contributed by atoms with E-state index in [0.29, 0.717) is 24.1 Å². The number of aromatic nitrogens is 2. The fourth-order valence-corrected chi connectivity index (χ4v) is 3.51. The van der Waals surface area contributed by atoms with Crippen LogP contribution >= 0.6 is 0 Å². The smallest absolute Gasteiger partial charge is 0.225 e. The number of nitrogens with zero attached hydrogens (tertiary/aromatic N) is 2. The number of anilines is 2. The number of hydrogen-bond donors (Lipinski definition) is 2. The molecule has 138 valence electrons. The lowest BCUT2D eigenvalue weighted by molar-refractivity contribution is -0.116. The number of benzene rings is 1. The number of carbonyl (C=O) groups is 1. The van der Waals surface area contributed by atoms with Gasteiger partial charge in [0.1, 0.15) is 0 Å². The standard InChI is InChI=1S/C21H28N4O/c1-14(2)11-20(26)25-21-18(12-15-5-3-4-6-15)24-19(13-23-21)16-7-9-17(22)10-8-16/h7-10,13-15H,3-6,11-12,22H2,1-2H3,(H,23,25,26). The Balaban J connectivity index is 1.87. The van der Waals surface area contributed by atoms with Gasteiger partial charge in [-0.25, -0.2) is 9.97 Å². The van der Waals surface area contributed by atoms with E-state index < -0.39 is 0 Å². The number of nitrogen functional groups attached to an aromatic ring is 1. The number of nitrogens with one attached hydrogen (secondary N) is 1. The molecule has 1 aliphatic carbocycles. The molecule has 26 heavy (non-hydrogen) atoms. The van der Waals surface area contributed by atoms with Crippen LogP contribution in [0.3, 0.4) is 0 Å². The summed E-state index contributed by atoms with van der Waals surface area (Å²) in [4.78, 5) is 21.6. The SMILES string of the molecule is CC(C)CC(=O)Nc1ncc(-c2ccc(N)cc2)nc1CC1CCCC1. The van der Waals surface area contributed by atoms with Gasteiger partial charge < -0.3 is 11.1 Å². The van der Waals surface area contributed by atoms with Crippen molar-refractivity contribution < 1.29 is 4.79 Å². The third-order valence-corrected chi connectivity index (χ3v) is 4.86. The largest absolute Gasteiger partial charge is 0.399 e. The number of hydrogen-bond acceptors (Lipinski definition) is 4. The molecule has 0 aliphatic heterocycles. The van der Waals surface area contributed by atoms with Crippen molar-refractivity contribution in [3.63, 3.8) is 0 Å². The van der Waals surface area contributed by atoms with Crippen LogP contribution in [0.2, 0.25) is 0 Å². The third kappa shape index (κ3) is 4.81. The first-order valence-corrected chi connectivity index (χ1v) is 9.53. The molecular weight excluding hydrogens is 324 g/mol. The third-order valence-electron chi connectivity index (χ3n) is 4.86. The summed E-state index contributed by atoms with van der Waals surface area (Å²) in [5, 5.41) is 2.97.